The van der Waals surface area contributed by atoms with E-state index in [1.54, 1.807) is 31.0 Å². The molecule has 0 radical (unpaired) electrons. The van der Waals surface area contributed by atoms with Gasteiger partial charge in [0.05, 0.1) is 0 Å². The number of carboxylic acid groups (broad SMARTS) is 1. The standard InChI is InChI=1S/C25H21ClFNO3S/c1-16-21-14-20(9-10-23(21)31-24(16)25(29)30)32-28(12-11-17-5-3-2-4-6-17)15-18-7-8-19(27)13-22(18)26/h2-10,13-14H,11-12,15H2,1H3,(H,29,30). The first-order chi connectivity index (χ1) is 15.4. The van der Waals surface area contributed by atoms with Crippen molar-refractivity contribution in [2.45, 2.75) is 24.8 Å². The molecule has 0 aliphatic carbocycles. The van der Waals surface area contributed by atoms with E-state index in [0.29, 0.717) is 22.7 Å². The second-order valence-electron chi connectivity index (χ2n) is 7.45. The molecule has 0 saturated heterocycles. The van der Waals surface area contributed by atoms with E-state index in [9.17, 15) is 14.3 Å². The highest BCUT2D eigenvalue weighted by Gasteiger charge is 2.18. The van der Waals surface area contributed by atoms with Gasteiger partial charge in [-0.2, -0.15) is 0 Å². The van der Waals surface area contributed by atoms with E-state index in [1.807, 2.05) is 30.3 Å². The molecular weight excluding hydrogens is 449 g/mol. The maximum Gasteiger partial charge on any atom is 0.372 e. The molecule has 0 amide bonds. The van der Waals surface area contributed by atoms with Gasteiger partial charge in [0.2, 0.25) is 5.76 Å². The number of fused-ring (bicyclic) bond motifs is 1. The lowest BCUT2D eigenvalue weighted by molar-refractivity contribution is 0.0664. The predicted octanol–water partition coefficient (Wildman–Crippen LogP) is 6.98. The summed E-state index contributed by atoms with van der Waals surface area (Å²) in [5.74, 6) is -1.48. The number of hydrogen-bond acceptors (Lipinski definition) is 4. The maximum atomic E-state index is 13.5. The number of halogens is 2. The van der Waals surface area contributed by atoms with Crippen molar-refractivity contribution in [1.82, 2.24) is 4.31 Å². The van der Waals surface area contributed by atoms with Crippen LogP contribution in [-0.4, -0.2) is 21.9 Å². The monoisotopic (exact) mass is 469 g/mol. The summed E-state index contributed by atoms with van der Waals surface area (Å²) in [4.78, 5) is 12.3. The van der Waals surface area contributed by atoms with E-state index in [0.717, 1.165) is 28.8 Å². The lowest BCUT2D eigenvalue weighted by Gasteiger charge is -2.22. The van der Waals surface area contributed by atoms with Gasteiger partial charge in [0.1, 0.15) is 11.4 Å². The van der Waals surface area contributed by atoms with E-state index in [-0.39, 0.29) is 11.6 Å². The Labute approximate surface area is 194 Å². The second kappa shape index (κ2) is 9.77. The number of benzene rings is 3. The molecule has 0 unspecified atom stereocenters. The van der Waals surface area contributed by atoms with Crippen molar-refractivity contribution in [2.75, 3.05) is 6.54 Å². The minimum Gasteiger partial charge on any atom is -0.475 e. The fraction of sp³-hybridized carbons (Fsp3) is 0.160. The molecule has 0 spiro atoms. The Hall–Kier alpha value is -2.80. The molecule has 4 nitrogen and oxygen atoms in total. The van der Waals surface area contributed by atoms with Gasteiger partial charge >= 0.3 is 5.97 Å². The second-order valence-corrected chi connectivity index (χ2v) is 9.02. The topological polar surface area (TPSA) is 53.7 Å². The molecule has 4 aromatic rings. The lowest BCUT2D eigenvalue weighted by Crippen LogP contribution is -2.18. The molecule has 0 aliphatic heterocycles. The lowest BCUT2D eigenvalue weighted by atomic mass is 10.1. The van der Waals surface area contributed by atoms with Crippen LogP contribution in [0.3, 0.4) is 0 Å². The van der Waals surface area contributed by atoms with Crippen molar-refractivity contribution >= 4 is 40.5 Å². The molecule has 0 aliphatic rings. The zero-order valence-corrected chi connectivity index (χ0v) is 18.9. The van der Waals surface area contributed by atoms with Crippen LogP contribution in [0.4, 0.5) is 4.39 Å². The Morgan fingerprint density at radius 2 is 1.91 bits per heavy atom. The smallest absolute Gasteiger partial charge is 0.372 e. The van der Waals surface area contributed by atoms with Crippen LogP contribution in [0.15, 0.2) is 76.0 Å². The fourth-order valence-corrected chi connectivity index (χ4v) is 4.72. The molecule has 1 aromatic heterocycles. The normalized spacial score (nSPS) is 11.4. The fourth-order valence-electron chi connectivity index (χ4n) is 3.51. The van der Waals surface area contributed by atoms with E-state index in [1.165, 1.54) is 17.7 Å². The first kappa shape index (κ1) is 22.4. The maximum absolute atomic E-state index is 13.5. The number of aromatic carboxylic acids is 1. The van der Waals surface area contributed by atoms with Gasteiger partial charge in [-0.25, -0.2) is 13.5 Å². The molecular formula is C25H21ClFNO3S. The molecule has 4 rings (SSSR count). The molecule has 0 atom stereocenters. The van der Waals surface area contributed by atoms with E-state index in [2.05, 4.69) is 16.4 Å². The van der Waals surface area contributed by atoms with Crippen LogP contribution >= 0.6 is 23.5 Å². The highest BCUT2D eigenvalue weighted by molar-refractivity contribution is 7.97. The highest BCUT2D eigenvalue weighted by atomic mass is 35.5. The van der Waals surface area contributed by atoms with Crippen molar-refractivity contribution in [2.24, 2.45) is 0 Å². The van der Waals surface area contributed by atoms with Crippen molar-refractivity contribution in [3.8, 4) is 0 Å². The summed E-state index contributed by atoms with van der Waals surface area (Å²) in [5.41, 5.74) is 3.20. The summed E-state index contributed by atoms with van der Waals surface area (Å²) in [7, 11) is 0. The number of aryl methyl sites for hydroxylation is 1. The quantitative estimate of drug-likeness (QED) is 0.282. The van der Waals surface area contributed by atoms with Crippen LogP contribution in [0.2, 0.25) is 5.02 Å². The Morgan fingerprint density at radius 1 is 1.12 bits per heavy atom. The molecule has 7 heteroatoms. The minimum absolute atomic E-state index is 0.0406. The molecule has 3 aromatic carbocycles. The number of nitrogens with zero attached hydrogens (tertiary/aromatic N) is 1. The Morgan fingerprint density at radius 3 is 2.62 bits per heavy atom. The Bertz CT molecular complexity index is 1260. The van der Waals surface area contributed by atoms with E-state index < -0.39 is 5.97 Å². The average molecular weight is 470 g/mol. The molecule has 32 heavy (non-hydrogen) atoms. The number of furan rings is 1. The summed E-state index contributed by atoms with van der Waals surface area (Å²) in [6, 6.07) is 20.3. The van der Waals surface area contributed by atoms with Gasteiger partial charge in [0.25, 0.3) is 0 Å². The van der Waals surface area contributed by atoms with Gasteiger partial charge < -0.3 is 9.52 Å². The molecule has 0 saturated carbocycles. The van der Waals surface area contributed by atoms with Crippen molar-refractivity contribution in [1.29, 1.82) is 0 Å². The summed E-state index contributed by atoms with van der Waals surface area (Å²) >= 11 is 7.83. The SMILES string of the molecule is Cc1c(C(=O)O)oc2ccc(SN(CCc3ccccc3)Cc3ccc(F)cc3Cl)cc12. The van der Waals surface area contributed by atoms with Gasteiger partial charge in [0, 0.05) is 34.0 Å². The van der Waals surface area contributed by atoms with Gasteiger partial charge in [-0.05, 0) is 66.8 Å². The first-order valence-electron chi connectivity index (χ1n) is 10.1. The molecule has 0 fully saturated rings. The molecule has 0 bridgehead atoms. The van der Waals surface area contributed by atoms with E-state index in [4.69, 9.17) is 16.0 Å². The third kappa shape index (κ3) is 5.15. The van der Waals surface area contributed by atoms with Crippen molar-refractivity contribution in [3.05, 3.63) is 100 Å². The van der Waals surface area contributed by atoms with Gasteiger partial charge in [-0.15, -0.1) is 0 Å². The van der Waals surface area contributed by atoms with Gasteiger partial charge in [-0.3, -0.25) is 0 Å². The zero-order valence-electron chi connectivity index (χ0n) is 17.3. The highest BCUT2D eigenvalue weighted by Crippen LogP contribution is 2.33. The molecule has 1 heterocycles. The number of carbonyl (C=O) groups is 1. The first-order valence-corrected chi connectivity index (χ1v) is 11.2. The van der Waals surface area contributed by atoms with Crippen LogP contribution in [0.25, 0.3) is 11.0 Å². The largest absolute Gasteiger partial charge is 0.475 e. The summed E-state index contributed by atoms with van der Waals surface area (Å²) in [5, 5.41) is 10.5. The Kier molecular flexibility index (Phi) is 6.84. The summed E-state index contributed by atoms with van der Waals surface area (Å²) in [6.45, 7) is 3.01. The molecule has 164 valence electrons. The van der Waals surface area contributed by atoms with Crippen LogP contribution in [-0.2, 0) is 13.0 Å². The third-order valence-electron chi connectivity index (χ3n) is 5.19. The zero-order chi connectivity index (χ0) is 22.7. The molecule has 1 N–H and O–H groups in total. The van der Waals surface area contributed by atoms with E-state index >= 15 is 0 Å². The van der Waals surface area contributed by atoms with Crippen LogP contribution < -0.4 is 0 Å². The van der Waals surface area contributed by atoms with Crippen molar-refractivity contribution < 1.29 is 18.7 Å². The third-order valence-corrected chi connectivity index (χ3v) is 6.58. The van der Waals surface area contributed by atoms with Crippen molar-refractivity contribution in [3.63, 3.8) is 0 Å². The van der Waals surface area contributed by atoms with Crippen LogP contribution in [0.1, 0.15) is 27.2 Å². The number of rotatable bonds is 8. The van der Waals surface area contributed by atoms with Gasteiger partial charge in [0.15, 0.2) is 0 Å². The average Bonchev–Trinajstić information content (AvgIpc) is 3.11. The number of carboxylic acids is 1. The summed E-state index contributed by atoms with van der Waals surface area (Å²) in [6.07, 6.45) is 0.836. The van der Waals surface area contributed by atoms with Gasteiger partial charge in [-0.1, -0.05) is 48.0 Å². The number of hydrogen-bond donors (Lipinski definition) is 1. The Balaban J connectivity index is 1.59. The van der Waals surface area contributed by atoms with Crippen LogP contribution in [0.5, 0.6) is 0 Å². The predicted molar refractivity (Wildman–Crippen MR) is 126 cm³/mol. The van der Waals surface area contributed by atoms with Crippen LogP contribution in [0, 0.1) is 12.7 Å². The minimum atomic E-state index is -1.08. The summed E-state index contributed by atoms with van der Waals surface area (Å²) < 4.78 is 21.1.